The number of anilines is 1. The van der Waals surface area contributed by atoms with Crippen molar-refractivity contribution in [1.82, 2.24) is 19.7 Å². The molecular formula is C21H25N5O. The molecule has 1 fully saturated rings. The van der Waals surface area contributed by atoms with Gasteiger partial charge >= 0.3 is 0 Å². The number of imidazole rings is 1. The molecule has 2 aromatic heterocycles. The summed E-state index contributed by atoms with van der Waals surface area (Å²) in [7, 11) is 1.90. The molecule has 1 aromatic carbocycles. The summed E-state index contributed by atoms with van der Waals surface area (Å²) in [5, 5.41) is 4.23. The number of H-pyrrole nitrogens is 1. The van der Waals surface area contributed by atoms with Crippen molar-refractivity contribution in [3.8, 4) is 11.3 Å². The number of benzene rings is 1. The molecule has 1 N–H and O–H groups in total. The summed E-state index contributed by atoms with van der Waals surface area (Å²) in [6.45, 7) is 6.89. The molecule has 3 aromatic rings. The minimum absolute atomic E-state index is 0.0749. The molecule has 6 heteroatoms. The first-order valence-corrected chi connectivity index (χ1v) is 9.42. The zero-order valence-corrected chi connectivity index (χ0v) is 16.3. The van der Waals surface area contributed by atoms with Gasteiger partial charge in [-0.2, -0.15) is 5.10 Å². The van der Waals surface area contributed by atoms with Crippen molar-refractivity contribution < 1.29 is 4.79 Å². The van der Waals surface area contributed by atoms with Gasteiger partial charge in [0, 0.05) is 49.1 Å². The van der Waals surface area contributed by atoms with E-state index >= 15 is 0 Å². The lowest BCUT2D eigenvalue weighted by molar-refractivity contribution is -0.117. The number of aromatic amines is 1. The molecule has 1 amide bonds. The minimum Gasteiger partial charge on any atom is -0.345 e. The van der Waals surface area contributed by atoms with Crippen molar-refractivity contribution in [2.75, 3.05) is 11.4 Å². The maximum Gasteiger partial charge on any atom is 0.227 e. The molecule has 0 saturated carbocycles. The Bertz CT molecular complexity index is 1000. The number of nitrogens with one attached hydrogen (secondary N) is 1. The number of rotatable bonds is 4. The Labute approximate surface area is 159 Å². The van der Waals surface area contributed by atoms with Gasteiger partial charge in [-0.3, -0.25) is 9.48 Å². The van der Waals surface area contributed by atoms with Crippen LogP contribution in [0.4, 0.5) is 5.69 Å². The molecule has 1 unspecified atom stereocenters. The zero-order chi connectivity index (χ0) is 19.1. The standard InChI is InChI=1S/C21H25N5O/c1-5-15-8-6-7-13(2)20(15)26-12-16(9-18(26)27)21-23-14(3)19(24-21)17-10-22-25(4)11-17/h6-8,10-11,16H,5,9,12H2,1-4H3,(H,23,24). The van der Waals surface area contributed by atoms with Gasteiger partial charge in [0.25, 0.3) is 0 Å². The van der Waals surface area contributed by atoms with Gasteiger partial charge in [-0.1, -0.05) is 25.1 Å². The third kappa shape index (κ3) is 3.05. The Balaban J connectivity index is 1.64. The van der Waals surface area contributed by atoms with Gasteiger partial charge in [-0.15, -0.1) is 0 Å². The largest absolute Gasteiger partial charge is 0.345 e. The Morgan fingerprint density at radius 3 is 2.81 bits per heavy atom. The third-order valence-electron chi connectivity index (χ3n) is 5.37. The Morgan fingerprint density at radius 1 is 1.30 bits per heavy atom. The van der Waals surface area contributed by atoms with E-state index in [-0.39, 0.29) is 11.8 Å². The zero-order valence-electron chi connectivity index (χ0n) is 16.3. The van der Waals surface area contributed by atoms with E-state index in [4.69, 9.17) is 4.98 Å². The van der Waals surface area contributed by atoms with Gasteiger partial charge in [-0.05, 0) is 31.4 Å². The number of carbonyl (C=O) groups is 1. The van der Waals surface area contributed by atoms with Gasteiger partial charge in [-0.25, -0.2) is 4.98 Å². The summed E-state index contributed by atoms with van der Waals surface area (Å²) < 4.78 is 1.77. The fourth-order valence-corrected chi connectivity index (χ4v) is 4.00. The SMILES string of the molecule is CCc1cccc(C)c1N1CC(c2nc(-c3cnn(C)c3)c(C)[nH]2)CC1=O. The van der Waals surface area contributed by atoms with Crippen LogP contribution in [0.15, 0.2) is 30.6 Å². The minimum atomic E-state index is 0.0749. The van der Waals surface area contributed by atoms with E-state index in [1.54, 1.807) is 4.68 Å². The van der Waals surface area contributed by atoms with Crippen LogP contribution in [0.2, 0.25) is 0 Å². The topological polar surface area (TPSA) is 66.8 Å². The highest BCUT2D eigenvalue weighted by molar-refractivity contribution is 5.97. The first-order chi connectivity index (χ1) is 13.0. The van der Waals surface area contributed by atoms with Crippen molar-refractivity contribution in [1.29, 1.82) is 0 Å². The molecule has 0 radical (unpaired) electrons. The molecular weight excluding hydrogens is 338 g/mol. The second-order valence-electron chi connectivity index (χ2n) is 7.34. The second kappa shape index (κ2) is 6.68. The van der Waals surface area contributed by atoms with Crippen molar-refractivity contribution in [2.45, 2.75) is 39.5 Å². The summed E-state index contributed by atoms with van der Waals surface area (Å²) in [4.78, 5) is 23.0. The molecule has 0 spiro atoms. The van der Waals surface area contributed by atoms with Crippen LogP contribution in [0, 0.1) is 13.8 Å². The van der Waals surface area contributed by atoms with E-state index in [0.717, 1.165) is 40.4 Å². The number of hydrogen-bond donors (Lipinski definition) is 1. The smallest absolute Gasteiger partial charge is 0.227 e. The summed E-state index contributed by atoms with van der Waals surface area (Å²) >= 11 is 0. The van der Waals surface area contributed by atoms with Crippen LogP contribution >= 0.6 is 0 Å². The molecule has 1 saturated heterocycles. The van der Waals surface area contributed by atoms with E-state index in [2.05, 4.69) is 42.1 Å². The summed E-state index contributed by atoms with van der Waals surface area (Å²) in [5.41, 5.74) is 6.35. The van der Waals surface area contributed by atoms with Crippen molar-refractivity contribution in [3.05, 3.63) is 53.2 Å². The van der Waals surface area contributed by atoms with Crippen LogP contribution < -0.4 is 4.90 Å². The monoisotopic (exact) mass is 363 g/mol. The Hall–Kier alpha value is -2.89. The highest BCUT2D eigenvalue weighted by atomic mass is 16.2. The van der Waals surface area contributed by atoms with E-state index < -0.39 is 0 Å². The van der Waals surface area contributed by atoms with Crippen LogP contribution in [-0.4, -0.2) is 32.2 Å². The predicted molar refractivity (Wildman–Crippen MR) is 106 cm³/mol. The van der Waals surface area contributed by atoms with Crippen LogP contribution in [0.1, 0.15) is 41.9 Å². The molecule has 1 aliphatic rings. The second-order valence-corrected chi connectivity index (χ2v) is 7.34. The van der Waals surface area contributed by atoms with Gasteiger partial charge in [0.15, 0.2) is 0 Å². The molecule has 4 rings (SSSR count). The number of nitrogens with zero attached hydrogens (tertiary/aromatic N) is 4. The number of amides is 1. The van der Waals surface area contributed by atoms with Crippen molar-refractivity contribution in [3.63, 3.8) is 0 Å². The number of aromatic nitrogens is 4. The Morgan fingerprint density at radius 2 is 2.11 bits per heavy atom. The van der Waals surface area contributed by atoms with Crippen molar-refractivity contribution in [2.24, 2.45) is 7.05 Å². The average Bonchev–Trinajstić information content (AvgIpc) is 3.33. The summed E-state index contributed by atoms with van der Waals surface area (Å²) in [5.74, 6) is 1.13. The highest BCUT2D eigenvalue weighted by Crippen LogP contribution is 2.35. The quantitative estimate of drug-likeness (QED) is 0.771. The van der Waals surface area contributed by atoms with Crippen LogP contribution in [0.3, 0.4) is 0 Å². The summed E-state index contributed by atoms with van der Waals surface area (Å²) in [6, 6.07) is 6.25. The van der Waals surface area contributed by atoms with E-state index in [9.17, 15) is 4.79 Å². The van der Waals surface area contributed by atoms with E-state index in [1.807, 2.05) is 31.3 Å². The maximum atomic E-state index is 12.8. The number of hydrogen-bond acceptors (Lipinski definition) is 3. The molecule has 1 atom stereocenters. The first kappa shape index (κ1) is 17.5. The maximum absolute atomic E-state index is 12.8. The lowest BCUT2D eigenvalue weighted by Crippen LogP contribution is -2.26. The van der Waals surface area contributed by atoms with Gasteiger partial charge < -0.3 is 9.88 Å². The van der Waals surface area contributed by atoms with Crippen molar-refractivity contribution >= 4 is 11.6 Å². The molecule has 140 valence electrons. The Kier molecular flexibility index (Phi) is 4.34. The highest BCUT2D eigenvalue weighted by Gasteiger charge is 2.35. The fourth-order valence-electron chi connectivity index (χ4n) is 4.00. The normalized spacial score (nSPS) is 17.1. The number of carbonyl (C=O) groups excluding carboxylic acids is 1. The molecule has 3 heterocycles. The lowest BCUT2D eigenvalue weighted by atomic mass is 10.0. The predicted octanol–water partition coefficient (Wildman–Crippen LogP) is 3.51. The molecule has 0 aliphatic carbocycles. The number of para-hydroxylation sites is 1. The van der Waals surface area contributed by atoms with Crippen LogP contribution in [0.25, 0.3) is 11.3 Å². The first-order valence-electron chi connectivity index (χ1n) is 9.42. The molecule has 0 bridgehead atoms. The lowest BCUT2D eigenvalue weighted by Gasteiger charge is -2.22. The molecule has 6 nitrogen and oxygen atoms in total. The van der Waals surface area contributed by atoms with E-state index in [1.165, 1.54) is 5.56 Å². The summed E-state index contributed by atoms with van der Waals surface area (Å²) in [6.07, 6.45) is 5.17. The van der Waals surface area contributed by atoms with Gasteiger partial charge in [0.2, 0.25) is 5.91 Å². The molecule has 27 heavy (non-hydrogen) atoms. The van der Waals surface area contributed by atoms with E-state index in [0.29, 0.717) is 13.0 Å². The average molecular weight is 363 g/mol. The van der Waals surface area contributed by atoms with Gasteiger partial charge in [0.05, 0.1) is 11.9 Å². The number of aryl methyl sites for hydroxylation is 4. The van der Waals surface area contributed by atoms with Crippen LogP contribution in [0.5, 0.6) is 0 Å². The molecule has 1 aliphatic heterocycles. The van der Waals surface area contributed by atoms with Crippen LogP contribution in [-0.2, 0) is 18.3 Å². The fraction of sp³-hybridized carbons (Fsp3) is 0.381. The van der Waals surface area contributed by atoms with Gasteiger partial charge in [0.1, 0.15) is 5.82 Å². The third-order valence-corrected chi connectivity index (χ3v) is 5.37.